The summed E-state index contributed by atoms with van der Waals surface area (Å²) in [5, 5.41) is 4.35. The molecule has 1 heterocycles. The maximum Gasteiger partial charge on any atom is 0.144 e. The molecule has 2 nitrogen and oxygen atoms in total. The van der Waals surface area contributed by atoms with Crippen LogP contribution in [0.5, 0.6) is 0 Å². The van der Waals surface area contributed by atoms with E-state index in [1.165, 1.54) is 0 Å². The molecule has 0 fully saturated rings. The fraction of sp³-hybridized carbons (Fsp3) is 0.545. The zero-order chi connectivity index (χ0) is 11.4. The highest BCUT2D eigenvalue weighted by Gasteiger charge is 2.08. The molecule has 0 aliphatic carbocycles. The Hall–Kier alpha value is -0.470. The standard InChI is InChI=1S/C11H16Cl2N2/c1-7(2)8(3)5-14-11-10(13)4-9(12)6-15-11/h4,6-8H,5H2,1-3H3,(H,14,15). The largest absolute Gasteiger partial charge is 0.369 e. The SMILES string of the molecule is CC(C)C(C)CNc1ncc(Cl)cc1Cl. The molecule has 4 heteroatoms. The van der Waals surface area contributed by atoms with Gasteiger partial charge in [-0.15, -0.1) is 0 Å². The molecule has 0 radical (unpaired) electrons. The molecular weight excluding hydrogens is 231 g/mol. The first kappa shape index (κ1) is 12.6. The van der Waals surface area contributed by atoms with Crippen LogP contribution in [0.25, 0.3) is 0 Å². The number of pyridine rings is 1. The lowest BCUT2D eigenvalue weighted by atomic mass is 9.98. The van der Waals surface area contributed by atoms with Gasteiger partial charge < -0.3 is 5.32 Å². The van der Waals surface area contributed by atoms with Crippen LogP contribution in [-0.2, 0) is 0 Å². The average molecular weight is 247 g/mol. The molecular formula is C11H16Cl2N2. The van der Waals surface area contributed by atoms with Gasteiger partial charge in [0, 0.05) is 12.7 Å². The van der Waals surface area contributed by atoms with Gasteiger partial charge in [-0.1, -0.05) is 44.0 Å². The summed E-state index contributed by atoms with van der Waals surface area (Å²) in [6.45, 7) is 7.46. The van der Waals surface area contributed by atoms with Crippen molar-refractivity contribution in [3.63, 3.8) is 0 Å². The molecule has 0 spiro atoms. The van der Waals surface area contributed by atoms with Crippen LogP contribution in [0, 0.1) is 11.8 Å². The highest BCUT2D eigenvalue weighted by Crippen LogP contribution is 2.23. The third-order valence-electron chi connectivity index (χ3n) is 2.54. The Bertz CT molecular complexity index is 326. The van der Waals surface area contributed by atoms with Crippen LogP contribution in [0.4, 0.5) is 5.82 Å². The minimum Gasteiger partial charge on any atom is -0.369 e. The van der Waals surface area contributed by atoms with Gasteiger partial charge in [0.2, 0.25) is 0 Å². The topological polar surface area (TPSA) is 24.9 Å². The number of hydrogen-bond acceptors (Lipinski definition) is 2. The van der Waals surface area contributed by atoms with Crippen molar-refractivity contribution >= 4 is 29.0 Å². The van der Waals surface area contributed by atoms with Gasteiger partial charge in [0.25, 0.3) is 0 Å². The summed E-state index contributed by atoms with van der Waals surface area (Å²) in [5.74, 6) is 1.93. The molecule has 0 aliphatic heterocycles. The summed E-state index contributed by atoms with van der Waals surface area (Å²) < 4.78 is 0. The van der Waals surface area contributed by atoms with Crippen molar-refractivity contribution in [3.8, 4) is 0 Å². The van der Waals surface area contributed by atoms with E-state index in [0.29, 0.717) is 27.7 Å². The van der Waals surface area contributed by atoms with Gasteiger partial charge >= 0.3 is 0 Å². The lowest BCUT2D eigenvalue weighted by molar-refractivity contribution is 0.439. The van der Waals surface area contributed by atoms with Crippen LogP contribution in [0.15, 0.2) is 12.3 Å². The lowest BCUT2D eigenvalue weighted by Gasteiger charge is -2.16. The lowest BCUT2D eigenvalue weighted by Crippen LogP contribution is -2.16. The van der Waals surface area contributed by atoms with Crippen LogP contribution in [0.1, 0.15) is 20.8 Å². The van der Waals surface area contributed by atoms with E-state index in [0.717, 1.165) is 6.54 Å². The molecule has 1 rings (SSSR count). The van der Waals surface area contributed by atoms with Crippen molar-refractivity contribution in [2.75, 3.05) is 11.9 Å². The molecule has 1 N–H and O–H groups in total. The summed E-state index contributed by atoms with van der Waals surface area (Å²) in [6, 6.07) is 1.69. The summed E-state index contributed by atoms with van der Waals surface area (Å²) in [7, 11) is 0. The zero-order valence-electron chi connectivity index (χ0n) is 9.22. The maximum atomic E-state index is 5.98. The summed E-state index contributed by atoms with van der Waals surface area (Å²) >= 11 is 11.7. The first-order valence-corrected chi connectivity index (χ1v) is 5.81. The molecule has 0 saturated heterocycles. The van der Waals surface area contributed by atoms with Gasteiger partial charge in [-0.25, -0.2) is 4.98 Å². The first-order valence-electron chi connectivity index (χ1n) is 5.05. The normalized spacial score (nSPS) is 12.9. The van der Waals surface area contributed by atoms with Crippen molar-refractivity contribution in [1.29, 1.82) is 0 Å². The minimum absolute atomic E-state index is 0.558. The number of halogens is 2. The second-order valence-corrected chi connectivity index (χ2v) is 4.93. The van der Waals surface area contributed by atoms with Crippen LogP contribution < -0.4 is 5.32 Å². The van der Waals surface area contributed by atoms with Gasteiger partial charge in [0.1, 0.15) is 5.82 Å². The summed E-state index contributed by atoms with van der Waals surface area (Å²) in [4.78, 5) is 4.13. The fourth-order valence-electron chi connectivity index (χ4n) is 1.04. The van der Waals surface area contributed by atoms with Crippen molar-refractivity contribution in [1.82, 2.24) is 4.98 Å². The molecule has 1 unspecified atom stereocenters. The van der Waals surface area contributed by atoms with E-state index < -0.39 is 0 Å². The van der Waals surface area contributed by atoms with E-state index in [9.17, 15) is 0 Å². The van der Waals surface area contributed by atoms with Crippen molar-refractivity contribution < 1.29 is 0 Å². The third kappa shape index (κ3) is 3.88. The monoisotopic (exact) mass is 246 g/mol. The predicted octanol–water partition coefficient (Wildman–Crippen LogP) is 4.09. The molecule has 0 aliphatic rings. The van der Waals surface area contributed by atoms with Gasteiger partial charge in [-0.2, -0.15) is 0 Å². The number of hydrogen-bond donors (Lipinski definition) is 1. The molecule has 0 aromatic carbocycles. The van der Waals surface area contributed by atoms with E-state index in [4.69, 9.17) is 23.2 Å². The molecule has 0 amide bonds. The Kier molecular flexibility index (Phi) is 4.68. The quantitative estimate of drug-likeness (QED) is 0.866. The smallest absolute Gasteiger partial charge is 0.144 e. The molecule has 15 heavy (non-hydrogen) atoms. The molecule has 1 aromatic rings. The van der Waals surface area contributed by atoms with Crippen molar-refractivity contribution in [2.45, 2.75) is 20.8 Å². The van der Waals surface area contributed by atoms with Crippen molar-refractivity contribution in [3.05, 3.63) is 22.3 Å². The summed E-state index contributed by atoms with van der Waals surface area (Å²) in [5.41, 5.74) is 0. The highest BCUT2D eigenvalue weighted by atomic mass is 35.5. The van der Waals surface area contributed by atoms with E-state index in [1.807, 2.05) is 0 Å². The van der Waals surface area contributed by atoms with Crippen molar-refractivity contribution in [2.24, 2.45) is 11.8 Å². The molecule has 1 atom stereocenters. The average Bonchev–Trinajstić information content (AvgIpc) is 2.15. The van der Waals surface area contributed by atoms with Crippen LogP contribution in [0.2, 0.25) is 10.0 Å². The second-order valence-electron chi connectivity index (χ2n) is 4.09. The van der Waals surface area contributed by atoms with E-state index in [-0.39, 0.29) is 0 Å². The first-order chi connectivity index (χ1) is 7.00. The Morgan fingerprint density at radius 1 is 1.33 bits per heavy atom. The predicted molar refractivity (Wildman–Crippen MR) is 66.7 cm³/mol. The molecule has 1 aromatic heterocycles. The molecule has 0 bridgehead atoms. The third-order valence-corrected chi connectivity index (χ3v) is 3.03. The van der Waals surface area contributed by atoms with E-state index in [2.05, 4.69) is 31.1 Å². The number of aromatic nitrogens is 1. The molecule has 84 valence electrons. The Balaban J connectivity index is 2.58. The van der Waals surface area contributed by atoms with Gasteiger partial charge in [0.15, 0.2) is 0 Å². The number of nitrogens with zero attached hydrogens (tertiary/aromatic N) is 1. The van der Waals surface area contributed by atoms with E-state index >= 15 is 0 Å². The molecule has 0 saturated carbocycles. The van der Waals surface area contributed by atoms with Gasteiger partial charge in [-0.3, -0.25) is 0 Å². The Morgan fingerprint density at radius 3 is 2.53 bits per heavy atom. The van der Waals surface area contributed by atoms with Gasteiger partial charge in [0.05, 0.1) is 10.0 Å². The number of rotatable bonds is 4. The highest BCUT2D eigenvalue weighted by molar-refractivity contribution is 6.35. The summed E-state index contributed by atoms with van der Waals surface area (Å²) in [6.07, 6.45) is 1.59. The maximum absolute atomic E-state index is 5.98. The second kappa shape index (κ2) is 5.57. The zero-order valence-corrected chi connectivity index (χ0v) is 10.7. The van der Waals surface area contributed by atoms with Crippen LogP contribution >= 0.6 is 23.2 Å². The Labute approximate surface area is 101 Å². The Morgan fingerprint density at radius 2 is 2.00 bits per heavy atom. The van der Waals surface area contributed by atoms with E-state index in [1.54, 1.807) is 12.3 Å². The van der Waals surface area contributed by atoms with Crippen LogP contribution in [0.3, 0.4) is 0 Å². The number of anilines is 1. The minimum atomic E-state index is 0.558. The number of nitrogens with one attached hydrogen (secondary N) is 1. The van der Waals surface area contributed by atoms with Crippen LogP contribution in [-0.4, -0.2) is 11.5 Å². The fourth-order valence-corrected chi connectivity index (χ4v) is 1.48. The van der Waals surface area contributed by atoms with Gasteiger partial charge in [-0.05, 0) is 17.9 Å².